The molecule has 21 heavy (non-hydrogen) atoms. The van der Waals surface area contributed by atoms with E-state index in [1.54, 1.807) is 0 Å². The van der Waals surface area contributed by atoms with Gasteiger partial charge in [0.15, 0.2) is 0 Å². The van der Waals surface area contributed by atoms with Crippen molar-refractivity contribution in [2.75, 3.05) is 20.6 Å². The van der Waals surface area contributed by atoms with Gasteiger partial charge in [0.25, 0.3) is 0 Å². The molecule has 1 unspecified atom stereocenters. The second-order valence-electron chi connectivity index (χ2n) is 7.64. The Kier molecular flexibility index (Phi) is 10.4. The van der Waals surface area contributed by atoms with Gasteiger partial charge in [0, 0.05) is 18.6 Å². The van der Waals surface area contributed by atoms with Gasteiger partial charge in [-0.25, -0.2) is 0 Å². The number of hydrogen-bond donors (Lipinski definition) is 1. The van der Waals surface area contributed by atoms with Crippen LogP contribution in [0.5, 0.6) is 0 Å². The molecule has 1 rings (SSSR count). The van der Waals surface area contributed by atoms with E-state index in [1.807, 2.05) is 0 Å². The zero-order valence-electron chi connectivity index (χ0n) is 15.2. The maximum atomic E-state index is 3.89. The van der Waals surface area contributed by atoms with Gasteiger partial charge >= 0.3 is 0 Å². The van der Waals surface area contributed by atoms with E-state index in [1.165, 1.54) is 70.6 Å². The first kappa shape index (κ1) is 19.0. The first-order valence-corrected chi connectivity index (χ1v) is 9.51. The normalized spacial score (nSPS) is 22.0. The molecule has 2 nitrogen and oxygen atoms in total. The maximum Gasteiger partial charge on any atom is 0.0237 e. The molecule has 1 aliphatic rings. The minimum atomic E-state index is 0.659. The third kappa shape index (κ3) is 8.83. The number of rotatable bonds is 5. The average molecular weight is 297 g/mol. The van der Waals surface area contributed by atoms with E-state index < -0.39 is 0 Å². The fourth-order valence-electron chi connectivity index (χ4n) is 3.67. The molecule has 0 aromatic heterocycles. The summed E-state index contributed by atoms with van der Waals surface area (Å²) in [6.45, 7) is 5.83. The second-order valence-corrected chi connectivity index (χ2v) is 7.64. The molecule has 1 atom stereocenters. The van der Waals surface area contributed by atoms with Crippen LogP contribution in [0, 0.1) is 5.92 Å². The molecule has 1 aliphatic carbocycles. The lowest BCUT2D eigenvalue weighted by molar-refractivity contribution is 0.214. The Balaban J connectivity index is 2.36. The van der Waals surface area contributed by atoms with Crippen LogP contribution in [0.4, 0.5) is 0 Å². The summed E-state index contributed by atoms with van der Waals surface area (Å²) in [6, 6.07) is 1.41. The smallest absolute Gasteiger partial charge is 0.0237 e. The van der Waals surface area contributed by atoms with Crippen molar-refractivity contribution in [3.63, 3.8) is 0 Å². The van der Waals surface area contributed by atoms with E-state index in [0.717, 1.165) is 18.5 Å². The Hall–Kier alpha value is -0.0800. The summed E-state index contributed by atoms with van der Waals surface area (Å²) in [7, 11) is 4.43. The fourth-order valence-corrected chi connectivity index (χ4v) is 3.67. The topological polar surface area (TPSA) is 15.3 Å². The predicted molar refractivity (Wildman–Crippen MR) is 94.9 cm³/mol. The lowest BCUT2D eigenvalue weighted by Crippen LogP contribution is -2.44. The maximum absolute atomic E-state index is 3.89. The van der Waals surface area contributed by atoms with Crippen LogP contribution in [-0.2, 0) is 0 Å². The molecule has 126 valence electrons. The van der Waals surface area contributed by atoms with Crippen molar-refractivity contribution in [3.8, 4) is 0 Å². The Morgan fingerprint density at radius 2 is 1.24 bits per heavy atom. The fraction of sp³-hybridized carbons (Fsp3) is 1.00. The molecule has 0 amide bonds. The van der Waals surface area contributed by atoms with Crippen molar-refractivity contribution in [1.82, 2.24) is 10.2 Å². The highest BCUT2D eigenvalue weighted by Crippen LogP contribution is 2.17. The quantitative estimate of drug-likeness (QED) is 0.781. The molecule has 0 heterocycles. The highest BCUT2D eigenvalue weighted by Gasteiger charge is 2.17. The molecule has 0 aromatic rings. The monoisotopic (exact) mass is 296 g/mol. The lowest BCUT2D eigenvalue weighted by Gasteiger charge is -2.30. The highest BCUT2D eigenvalue weighted by molar-refractivity contribution is 4.76. The zero-order valence-corrected chi connectivity index (χ0v) is 15.2. The third-order valence-electron chi connectivity index (χ3n) is 5.15. The molecule has 0 saturated heterocycles. The van der Waals surface area contributed by atoms with Crippen LogP contribution in [0.1, 0.15) is 84.5 Å². The molecule has 1 fully saturated rings. The summed E-state index contributed by atoms with van der Waals surface area (Å²) < 4.78 is 0. The van der Waals surface area contributed by atoms with Crippen LogP contribution in [-0.4, -0.2) is 37.6 Å². The molecule has 1 N–H and O–H groups in total. The minimum absolute atomic E-state index is 0.659. The van der Waals surface area contributed by atoms with Gasteiger partial charge in [-0.2, -0.15) is 0 Å². The van der Waals surface area contributed by atoms with Crippen molar-refractivity contribution in [3.05, 3.63) is 0 Å². The van der Waals surface area contributed by atoms with Crippen molar-refractivity contribution in [1.29, 1.82) is 0 Å². The number of nitrogens with one attached hydrogen (secondary N) is 1. The van der Waals surface area contributed by atoms with E-state index >= 15 is 0 Å². The van der Waals surface area contributed by atoms with Crippen molar-refractivity contribution < 1.29 is 0 Å². The summed E-state index contributed by atoms with van der Waals surface area (Å²) in [5.41, 5.74) is 0. The number of nitrogens with zero attached hydrogens (tertiary/aromatic N) is 1. The number of hydrogen-bond acceptors (Lipinski definition) is 2. The summed E-state index contributed by atoms with van der Waals surface area (Å²) in [4.78, 5) is 2.38. The van der Waals surface area contributed by atoms with Crippen LogP contribution in [0.3, 0.4) is 0 Å². The van der Waals surface area contributed by atoms with E-state index in [4.69, 9.17) is 0 Å². The summed E-state index contributed by atoms with van der Waals surface area (Å²) >= 11 is 0. The Labute approximate surface area is 134 Å². The molecular weight excluding hydrogens is 256 g/mol. The Bertz CT molecular complexity index is 218. The van der Waals surface area contributed by atoms with Crippen molar-refractivity contribution in [2.45, 2.75) is 96.6 Å². The summed E-state index contributed by atoms with van der Waals surface area (Å²) in [6.07, 6.45) is 15.8. The van der Waals surface area contributed by atoms with Crippen LogP contribution in [0.25, 0.3) is 0 Å². The SMILES string of the molecule is CC(C)C(CNC1CCCCCCCCCCC1)N(C)C. The Morgan fingerprint density at radius 3 is 1.62 bits per heavy atom. The molecule has 0 radical (unpaired) electrons. The van der Waals surface area contributed by atoms with Crippen LogP contribution < -0.4 is 5.32 Å². The second kappa shape index (κ2) is 11.5. The highest BCUT2D eigenvalue weighted by atomic mass is 15.1. The van der Waals surface area contributed by atoms with Gasteiger partial charge < -0.3 is 10.2 Å². The first-order chi connectivity index (χ1) is 10.1. The minimum Gasteiger partial charge on any atom is -0.312 e. The standard InChI is InChI=1S/C19H40N2/c1-17(2)19(21(3)4)16-20-18-14-12-10-8-6-5-7-9-11-13-15-18/h17-20H,5-16H2,1-4H3. The van der Waals surface area contributed by atoms with Gasteiger partial charge in [-0.3, -0.25) is 0 Å². The van der Waals surface area contributed by atoms with E-state index in [9.17, 15) is 0 Å². The van der Waals surface area contributed by atoms with E-state index in [0.29, 0.717) is 6.04 Å². The van der Waals surface area contributed by atoms with E-state index in [-0.39, 0.29) is 0 Å². The summed E-state index contributed by atoms with van der Waals surface area (Å²) in [5.74, 6) is 0.721. The average Bonchev–Trinajstić information content (AvgIpc) is 2.40. The third-order valence-corrected chi connectivity index (χ3v) is 5.15. The van der Waals surface area contributed by atoms with E-state index in [2.05, 4.69) is 38.2 Å². The van der Waals surface area contributed by atoms with Crippen molar-refractivity contribution in [2.24, 2.45) is 5.92 Å². The predicted octanol–water partition coefficient (Wildman–Crippen LogP) is 4.84. The first-order valence-electron chi connectivity index (χ1n) is 9.51. The number of likely N-dealkylation sites (N-methyl/N-ethyl adjacent to an activating group) is 1. The molecule has 0 aromatic carbocycles. The van der Waals surface area contributed by atoms with Gasteiger partial charge in [-0.1, -0.05) is 71.6 Å². The largest absolute Gasteiger partial charge is 0.312 e. The van der Waals surface area contributed by atoms with Crippen LogP contribution in [0.2, 0.25) is 0 Å². The Morgan fingerprint density at radius 1 is 0.810 bits per heavy atom. The van der Waals surface area contributed by atoms with Gasteiger partial charge in [-0.05, 0) is 32.9 Å². The van der Waals surface area contributed by atoms with Crippen molar-refractivity contribution >= 4 is 0 Å². The summed E-state index contributed by atoms with van der Waals surface area (Å²) in [5, 5.41) is 3.89. The molecule has 0 aliphatic heterocycles. The zero-order chi connectivity index (χ0) is 15.5. The van der Waals surface area contributed by atoms with Gasteiger partial charge in [0.1, 0.15) is 0 Å². The van der Waals surface area contributed by atoms with Crippen LogP contribution >= 0.6 is 0 Å². The van der Waals surface area contributed by atoms with Gasteiger partial charge in [0.2, 0.25) is 0 Å². The van der Waals surface area contributed by atoms with Crippen LogP contribution in [0.15, 0.2) is 0 Å². The molecular formula is C19H40N2. The molecule has 0 bridgehead atoms. The van der Waals surface area contributed by atoms with Gasteiger partial charge in [-0.15, -0.1) is 0 Å². The van der Waals surface area contributed by atoms with Gasteiger partial charge in [0.05, 0.1) is 0 Å². The molecule has 0 spiro atoms. The lowest BCUT2D eigenvalue weighted by atomic mass is 9.97. The molecule has 2 heteroatoms. The molecule has 1 saturated carbocycles.